The van der Waals surface area contributed by atoms with Gasteiger partial charge in [-0.15, -0.1) is 0 Å². The van der Waals surface area contributed by atoms with Crippen LogP contribution in [0.1, 0.15) is 0 Å². The maximum Gasteiger partial charge on any atom is 0.207 e. The molecule has 0 atom stereocenters. The summed E-state index contributed by atoms with van der Waals surface area (Å²) in [7, 11) is -3.57. The van der Waals surface area contributed by atoms with E-state index in [1.54, 1.807) is 24.3 Å². The monoisotopic (exact) mass is 383 g/mol. The number of nitrogens with two attached hydrogens (primary N) is 1. The van der Waals surface area contributed by atoms with Crippen molar-refractivity contribution in [3.8, 4) is 33.4 Å². The molecule has 0 amide bonds. The topological polar surface area (TPSA) is 60.2 Å². The lowest BCUT2D eigenvalue weighted by Crippen LogP contribution is -2.02. The molecule has 1 aliphatic heterocycles. The minimum absolute atomic E-state index is 0.334. The van der Waals surface area contributed by atoms with Crippen LogP contribution in [0.4, 0.5) is 5.69 Å². The van der Waals surface area contributed by atoms with Gasteiger partial charge in [0.15, 0.2) is 0 Å². The lowest BCUT2D eigenvalue weighted by molar-refractivity contribution is 0.596. The number of nitrogen functional groups attached to an aromatic ring is 1. The lowest BCUT2D eigenvalue weighted by Gasteiger charge is -2.11. The van der Waals surface area contributed by atoms with Crippen LogP contribution in [0.2, 0.25) is 0 Å². The summed E-state index contributed by atoms with van der Waals surface area (Å²) in [5.41, 5.74) is 12.2. The van der Waals surface area contributed by atoms with E-state index in [0.717, 1.165) is 27.8 Å². The van der Waals surface area contributed by atoms with E-state index >= 15 is 0 Å². The van der Waals surface area contributed by atoms with E-state index in [1.807, 2.05) is 66.7 Å². The van der Waals surface area contributed by atoms with Gasteiger partial charge in [0.25, 0.3) is 0 Å². The van der Waals surface area contributed by atoms with Crippen LogP contribution in [-0.2, 0) is 9.84 Å². The molecule has 1 aliphatic rings. The summed E-state index contributed by atoms with van der Waals surface area (Å²) in [6.45, 7) is 0. The zero-order valence-electron chi connectivity index (χ0n) is 15.0. The minimum Gasteiger partial charge on any atom is -0.398 e. The second-order valence-corrected chi connectivity index (χ2v) is 8.82. The van der Waals surface area contributed by atoms with Gasteiger partial charge in [0.1, 0.15) is 0 Å². The molecule has 0 radical (unpaired) electrons. The van der Waals surface area contributed by atoms with Crippen LogP contribution in [0.15, 0.2) is 101 Å². The van der Waals surface area contributed by atoms with Crippen molar-refractivity contribution < 1.29 is 8.42 Å². The van der Waals surface area contributed by atoms with Crippen LogP contribution in [0.3, 0.4) is 0 Å². The van der Waals surface area contributed by atoms with E-state index in [9.17, 15) is 8.42 Å². The number of rotatable bonds is 2. The molecule has 0 aromatic heterocycles. The summed E-state index contributed by atoms with van der Waals surface area (Å²) in [4.78, 5) is 0.680. The predicted molar refractivity (Wildman–Crippen MR) is 113 cm³/mol. The molecule has 4 heteroatoms. The normalized spacial score (nSPS) is 13.7. The third kappa shape index (κ3) is 2.53. The van der Waals surface area contributed by atoms with Crippen LogP contribution in [-0.4, -0.2) is 8.42 Å². The van der Waals surface area contributed by atoms with Gasteiger partial charge in [-0.05, 0) is 46.5 Å². The first-order valence-corrected chi connectivity index (χ1v) is 10.5. The maximum atomic E-state index is 13.2. The Morgan fingerprint density at radius 3 is 1.96 bits per heavy atom. The molecule has 3 nitrogen and oxygen atoms in total. The lowest BCUT2D eigenvalue weighted by atomic mass is 9.97. The predicted octanol–water partition coefficient (Wildman–Crippen LogP) is 5.42. The molecule has 1 heterocycles. The highest BCUT2D eigenvalue weighted by Gasteiger charge is 2.26. The third-order valence-corrected chi connectivity index (χ3v) is 7.01. The van der Waals surface area contributed by atoms with Gasteiger partial charge < -0.3 is 5.73 Å². The summed E-state index contributed by atoms with van der Waals surface area (Å²) < 4.78 is 26.3. The van der Waals surface area contributed by atoms with Crippen molar-refractivity contribution in [3.05, 3.63) is 91.0 Å². The van der Waals surface area contributed by atoms with Gasteiger partial charge in [0, 0.05) is 16.8 Å². The quantitative estimate of drug-likeness (QED) is 0.414. The fourth-order valence-electron chi connectivity index (χ4n) is 3.72. The van der Waals surface area contributed by atoms with Crippen molar-refractivity contribution >= 4 is 15.5 Å². The Balaban J connectivity index is 1.65. The standard InChI is InChI=1S/C24H17NO2S/c25-23-7-2-1-6-21(23)16-8-10-17(11-9-16)22-13-12-19-15-24(22)28(26,27)20-5-3-4-18(19)14-20/h1-15H,25H2. The number of hydrogen-bond donors (Lipinski definition) is 1. The fraction of sp³-hybridized carbons (Fsp3) is 0. The van der Waals surface area contributed by atoms with E-state index in [4.69, 9.17) is 5.73 Å². The minimum atomic E-state index is -3.57. The number of sulfone groups is 1. The first-order chi connectivity index (χ1) is 13.5. The number of anilines is 1. The Hall–Kier alpha value is -3.37. The van der Waals surface area contributed by atoms with Gasteiger partial charge in [-0.2, -0.15) is 0 Å². The molecule has 0 saturated carbocycles. The van der Waals surface area contributed by atoms with E-state index in [0.29, 0.717) is 21.0 Å². The van der Waals surface area contributed by atoms with Crippen molar-refractivity contribution in [2.75, 3.05) is 5.73 Å². The molecule has 0 saturated heterocycles. The molecule has 5 rings (SSSR count). The summed E-state index contributed by atoms with van der Waals surface area (Å²) in [6, 6.07) is 28.3. The van der Waals surface area contributed by atoms with Crippen molar-refractivity contribution in [3.63, 3.8) is 0 Å². The largest absolute Gasteiger partial charge is 0.398 e. The molecule has 0 aliphatic carbocycles. The second kappa shape index (κ2) is 6.08. The van der Waals surface area contributed by atoms with Gasteiger partial charge in [0.2, 0.25) is 9.84 Å². The Morgan fingerprint density at radius 2 is 1.21 bits per heavy atom. The molecular weight excluding hydrogens is 366 g/mol. The maximum absolute atomic E-state index is 13.2. The molecule has 0 spiro atoms. The summed E-state index contributed by atoms with van der Waals surface area (Å²) in [5.74, 6) is 0. The Bertz CT molecular complexity index is 1320. The first-order valence-electron chi connectivity index (χ1n) is 8.99. The Morgan fingerprint density at radius 1 is 0.571 bits per heavy atom. The van der Waals surface area contributed by atoms with Gasteiger partial charge in [0.05, 0.1) is 9.79 Å². The number of benzene rings is 4. The molecular formula is C24H17NO2S. The summed E-state index contributed by atoms with van der Waals surface area (Å²) in [6.07, 6.45) is 0. The van der Waals surface area contributed by atoms with Gasteiger partial charge in [-0.25, -0.2) is 8.42 Å². The van der Waals surface area contributed by atoms with Crippen LogP contribution in [0.25, 0.3) is 33.4 Å². The summed E-state index contributed by atoms with van der Waals surface area (Å²) >= 11 is 0. The van der Waals surface area contributed by atoms with Crippen LogP contribution in [0, 0.1) is 0 Å². The Labute approximate surface area is 164 Å². The number of fused-ring (bicyclic) bond motifs is 5. The molecule has 4 aromatic rings. The van der Waals surface area contributed by atoms with Crippen LogP contribution in [0.5, 0.6) is 0 Å². The number of para-hydroxylation sites is 1. The molecule has 0 fully saturated rings. The zero-order valence-corrected chi connectivity index (χ0v) is 15.8. The molecule has 4 bridgehead atoms. The molecule has 0 unspecified atom stereocenters. The van der Waals surface area contributed by atoms with E-state index in [1.165, 1.54) is 0 Å². The van der Waals surface area contributed by atoms with Crippen LogP contribution < -0.4 is 5.73 Å². The van der Waals surface area contributed by atoms with Crippen molar-refractivity contribution in [1.82, 2.24) is 0 Å². The third-order valence-electron chi connectivity index (χ3n) is 5.22. The van der Waals surface area contributed by atoms with Gasteiger partial charge in [-0.1, -0.05) is 66.7 Å². The van der Waals surface area contributed by atoms with Gasteiger partial charge >= 0.3 is 0 Å². The van der Waals surface area contributed by atoms with Crippen molar-refractivity contribution in [1.29, 1.82) is 0 Å². The molecule has 28 heavy (non-hydrogen) atoms. The zero-order chi connectivity index (χ0) is 19.3. The summed E-state index contributed by atoms with van der Waals surface area (Å²) in [5, 5.41) is 0. The van der Waals surface area contributed by atoms with Crippen molar-refractivity contribution in [2.24, 2.45) is 0 Å². The first kappa shape index (κ1) is 16.8. The van der Waals surface area contributed by atoms with E-state index in [2.05, 4.69) is 0 Å². The SMILES string of the molecule is Nc1ccccc1-c1ccc(-c2ccc3cc2S(=O)(=O)c2cccc-3c2)cc1. The molecule has 2 N–H and O–H groups in total. The van der Waals surface area contributed by atoms with E-state index in [-0.39, 0.29) is 0 Å². The average Bonchev–Trinajstić information content (AvgIpc) is 2.78. The smallest absolute Gasteiger partial charge is 0.207 e. The second-order valence-electron chi connectivity index (χ2n) is 6.91. The number of hydrogen-bond acceptors (Lipinski definition) is 3. The van der Waals surface area contributed by atoms with E-state index < -0.39 is 9.84 Å². The highest BCUT2D eigenvalue weighted by Crippen LogP contribution is 2.39. The van der Waals surface area contributed by atoms with Gasteiger partial charge in [-0.3, -0.25) is 0 Å². The average molecular weight is 383 g/mol. The molecule has 136 valence electrons. The van der Waals surface area contributed by atoms with Crippen molar-refractivity contribution in [2.45, 2.75) is 9.79 Å². The fourth-order valence-corrected chi connectivity index (χ4v) is 5.27. The van der Waals surface area contributed by atoms with Crippen LogP contribution >= 0.6 is 0 Å². The highest BCUT2D eigenvalue weighted by molar-refractivity contribution is 7.91. The molecule has 4 aromatic carbocycles. The highest BCUT2D eigenvalue weighted by atomic mass is 32.2. The Kier molecular flexibility index (Phi) is 3.64.